The third kappa shape index (κ3) is 4.98. The number of aryl methyl sites for hydroxylation is 1. The van der Waals surface area contributed by atoms with Gasteiger partial charge in [0.15, 0.2) is 5.69 Å². The van der Waals surface area contributed by atoms with E-state index in [1.165, 1.54) is 18.2 Å². The first-order chi connectivity index (χ1) is 18.1. The second kappa shape index (κ2) is 9.71. The number of anilines is 1. The highest BCUT2D eigenvalue weighted by molar-refractivity contribution is 6.32. The van der Waals surface area contributed by atoms with Crippen molar-refractivity contribution in [2.75, 3.05) is 5.32 Å². The number of carbonyl (C=O) groups excluding carboxylic acids is 1. The number of aromatic amines is 1. The van der Waals surface area contributed by atoms with Gasteiger partial charge in [0.05, 0.1) is 22.1 Å². The lowest BCUT2D eigenvalue weighted by Gasteiger charge is -2.11. The zero-order valence-corrected chi connectivity index (χ0v) is 20.5. The van der Waals surface area contributed by atoms with Crippen LogP contribution in [0.4, 0.5) is 18.9 Å². The summed E-state index contributed by atoms with van der Waals surface area (Å²) in [6.07, 6.45) is -4.65. The van der Waals surface area contributed by atoms with Gasteiger partial charge in [-0.2, -0.15) is 18.3 Å². The van der Waals surface area contributed by atoms with Gasteiger partial charge in [-0.15, -0.1) is 0 Å². The highest BCUT2D eigenvalue weighted by Crippen LogP contribution is 2.34. The van der Waals surface area contributed by atoms with E-state index in [0.717, 1.165) is 22.1 Å². The molecule has 0 fully saturated rings. The summed E-state index contributed by atoms with van der Waals surface area (Å²) in [5.41, 5.74) is 1.92. The van der Waals surface area contributed by atoms with Crippen LogP contribution in [0.15, 0.2) is 89.7 Å². The number of amides is 1. The Labute approximate surface area is 219 Å². The maximum atomic E-state index is 13.5. The number of alkyl halides is 3. The van der Waals surface area contributed by atoms with Crippen molar-refractivity contribution >= 4 is 23.2 Å². The van der Waals surface area contributed by atoms with Crippen LogP contribution in [-0.2, 0) is 6.18 Å². The summed E-state index contributed by atoms with van der Waals surface area (Å²) < 4.78 is 43.1. The van der Waals surface area contributed by atoms with E-state index in [4.69, 9.17) is 11.6 Å². The van der Waals surface area contributed by atoms with Crippen molar-refractivity contribution in [3.63, 3.8) is 0 Å². The Bertz CT molecular complexity index is 1680. The molecule has 11 heteroatoms. The number of carbonyl (C=O) groups is 1. The van der Waals surface area contributed by atoms with E-state index in [1.807, 2.05) is 0 Å². The Morgan fingerprint density at radius 1 is 0.974 bits per heavy atom. The van der Waals surface area contributed by atoms with Gasteiger partial charge >= 0.3 is 6.18 Å². The number of para-hydroxylation sites is 1. The van der Waals surface area contributed by atoms with Crippen molar-refractivity contribution in [1.29, 1.82) is 0 Å². The molecule has 3 aromatic carbocycles. The standard InChI is InChI=1S/C27H19ClF3N5O2/c1-16-14-25(37)34-35(16)20-12-10-19(11-13-20)32-26(38)18-8-6-17(7-9-18)23-15-24(27(29,30)31)33-36(23)22-5-3-2-4-21(22)28/h2-15H,1H3,(H,32,38)(H,34,37). The monoisotopic (exact) mass is 537 g/mol. The maximum Gasteiger partial charge on any atom is 0.435 e. The molecule has 7 nitrogen and oxygen atoms in total. The topological polar surface area (TPSA) is 84.7 Å². The molecular formula is C27H19ClF3N5O2. The molecule has 0 bridgehead atoms. The smallest absolute Gasteiger partial charge is 0.322 e. The number of hydrogen-bond donors (Lipinski definition) is 2. The molecule has 0 aliphatic carbocycles. The lowest BCUT2D eigenvalue weighted by Crippen LogP contribution is -2.12. The van der Waals surface area contributed by atoms with Crippen molar-refractivity contribution in [2.45, 2.75) is 13.1 Å². The summed E-state index contributed by atoms with van der Waals surface area (Å²) in [5, 5.41) is 9.46. The van der Waals surface area contributed by atoms with E-state index in [-0.39, 0.29) is 16.3 Å². The van der Waals surface area contributed by atoms with Crippen LogP contribution in [0, 0.1) is 6.92 Å². The van der Waals surface area contributed by atoms with Gasteiger partial charge in [0.25, 0.3) is 11.5 Å². The molecule has 0 aliphatic heterocycles. The van der Waals surface area contributed by atoms with Crippen LogP contribution in [0.3, 0.4) is 0 Å². The Morgan fingerprint density at radius 3 is 2.26 bits per heavy atom. The van der Waals surface area contributed by atoms with E-state index < -0.39 is 17.8 Å². The number of hydrogen-bond acceptors (Lipinski definition) is 3. The Hall–Kier alpha value is -4.57. The van der Waals surface area contributed by atoms with Gasteiger partial charge in [0.1, 0.15) is 0 Å². The largest absolute Gasteiger partial charge is 0.435 e. The molecule has 0 saturated carbocycles. The number of rotatable bonds is 5. The lowest BCUT2D eigenvalue weighted by molar-refractivity contribution is -0.141. The SMILES string of the molecule is Cc1cc(=O)[nH]n1-c1ccc(NC(=O)c2ccc(-c3cc(C(F)(F)F)nn3-c3ccccc3Cl)cc2)cc1. The van der Waals surface area contributed by atoms with Gasteiger partial charge in [0, 0.05) is 28.6 Å². The summed E-state index contributed by atoms with van der Waals surface area (Å²) in [6, 6.07) is 21.9. The third-order valence-electron chi connectivity index (χ3n) is 5.82. The van der Waals surface area contributed by atoms with Crippen molar-refractivity contribution in [1.82, 2.24) is 19.6 Å². The first-order valence-electron chi connectivity index (χ1n) is 11.3. The second-order valence-corrected chi connectivity index (χ2v) is 8.86. The molecule has 38 heavy (non-hydrogen) atoms. The average molecular weight is 538 g/mol. The van der Waals surface area contributed by atoms with Gasteiger partial charge < -0.3 is 5.32 Å². The number of benzene rings is 3. The summed E-state index contributed by atoms with van der Waals surface area (Å²) >= 11 is 6.23. The van der Waals surface area contributed by atoms with Crippen LogP contribution in [-0.4, -0.2) is 25.5 Å². The first kappa shape index (κ1) is 25.1. The van der Waals surface area contributed by atoms with Crippen LogP contribution >= 0.6 is 11.6 Å². The fourth-order valence-electron chi connectivity index (χ4n) is 3.97. The molecule has 2 heterocycles. The number of nitrogens with one attached hydrogen (secondary N) is 2. The molecule has 5 aromatic rings. The highest BCUT2D eigenvalue weighted by Gasteiger charge is 2.35. The first-order valence-corrected chi connectivity index (χ1v) is 11.7. The van der Waals surface area contributed by atoms with Crippen LogP contribution in [0.5, 0.6) is 0 Å². The van der Waals surface area contributed by atoms with Gasteiger partial charge in [-0.05, 0) is 61.5 Å². The minimum absolute atomic E-state index is 0.173. The maximum absolute atomic E-state index is 13.5. The predicted molar refractivity (Wildman–Crippen MR) is 138 cm³/mol. The van der Waals surface area contributed by atoms with E-state index in [1.54, 1.807) is 72.3 Å². The fourth-order valence-corrected chi connectivity index (χ4v) is 4.19. The minimum atomic E-state index is -4.65. The second-order valence-electron chi connectivity index (χ2n) is 8.45. The Morgan fingerprint density at radius 2 is 1.66 bits per heavy atom. The minimum Gasteiger partial charge on any atom is -0.322 e. The van der Waals surface area contributed by atoms with Crippen molar-refractivity contribution < 1.29 is 18.0 Å². The van der Waals surface area contributed by atoms with Crippen LogP contribution < -0.4 is 10.9 Å². The summed E-state index contributed by atoms with van der Waals surface area (Å²) in [4.78, 5) is 24.3. The molecule has 0 unspecified atom stereocenters. The molecular weight excluding hydrogens is 519 g/mol. The summed E-state index contributed by atoms with van der Waals surface area (Å²) in [6.45, 7) is 1.79. The highest BCUT2D eigenvalue weighted by atomic mass is 35.5. The summed E-state index contributed by atoms with van der Waals surface area (Å²) in [5.74, 6) is -0.398. The van der Waals surface area contributed by atoms with Crippen LogP contribution in [0.25, 0.3) is 22.6 Å². The van der Waals surface area contributed by atoms with E-state index in [9.17, 15) is 22.8 Å². The Kier molecular flexibility index (Phi) is 6.41. The number of aromatic nitrogens is 4. The van der Waals surface area contributed by atoms with E-state index in [0.29, 0.717) is 22.5 Å². The number of nitrogens with zero attached hydrogens (tertiary/aromatic N) is 3. The number of H-pyrrole nitrogens is 1. The molecule has 0 atom stereocenters. The van der Waals surface area contributed by atoms with Crippen molar-refractivity contribution in [2.24, 2.45) is 0 Å². The van der Waals surface area contributed by atoms with Crippen LogP contribution in [0.1, 0.15) is 21.7 Å². The molecule has 1 amide bonds. The van der Waals surface area contributed by atoms with E-state index in [2.05, 4.69) is 15.5 Å². The molecule has 0 aliphatic rings. The molecule has 192 valence electrons. The molecule has 2 aromatic heterocycles. The van der Waals surface area contributed by atoms with Gasteiger partial charge in [-0.25, -0.2) is 4.68 Å². The van der Waals surface area contributed by atoms with Crippen LogP contribution in [0.2, 0.25) is 5.02 Å². The molecule has 0 radical (unpaired) electrons. The van der Waals surface area contributed by atoms with Gasteiger partial charge in [0.2, 0.25) is 0 Å². The van der Waals surface area contributed by atoms with Crippen molar-refractivity contribution in [3.05, 3.63) is 117 Å². The Balaban J connectivity index is 1.39. The zero-order chi connectivity index (χ0) is 27.0. The van der Waals surface area contributed by atoms with E-state index >= 15 is 0 Å². The predicted octanol–water partition coefficient (Wildman–Crippen LogP) is 6.25. The average Bonchev–Trinajstić information content (AvgIpc) is 3.48. The lowest BCUT2D eigenvalue weighted by atomic mass is 10.1. The van der Waals surface area contributed by atoms with Crippen molar-refractivity contribution in [3.8, 4) is 22.6 Å². The fraction of sp³-hybridized carbons (Fsp3) is 0.0741. The quantitative estimate of drug-likeness (QED) is 0.278. The molecule has 5 rings (SSSR count). The third-order valence-corrected chi connectivity index (χ3v) is 6.14. The molecule has 0 saturated heterocycles. The normalized spacial score (nSPS) is 11.5. The molecule has 2 N–H and O–H groups in total. The van der Waals surface area contributed by atoms with Gasteiger partial charge in [-0.3, -0.25) is 19.4 Å². The van der Waals surface area contributed by atoms with Gasteiger partial charge in [-0.1, -0.05) is 35.9 Å². The number of halogens is 4. The zero-order valence-electron chi connectivity index (χ0n) is 19.8. The summed E-state index contributed by atoms with van der Waals surface area (Å²) in [7, 11) is 0. The molecule has 0 spiro atoms.